The Bertz CT molecular complexity index is 512. The van der Waals surface area contributed by atoms with Gasteiger partial charge in [0.1, 0.15) is 6.54 Å². The molecule has 1 aromatic carbocycles. The van der Waals surface area contributed by atoms with Gasteiger partial charge in [0, 0.05) is 18.6 Å². The quantitative estimate of drug-likeness (QED) is 0.358. The van der Waals surface area contributed by atoms with Gasteiger partial charge in [0.15, 0.2) is 5.96 Å². The molecule has 0 spiro atoms. The molecule has 1 amide bonds. The second-order valence-electron chi connectivity index (χ2n) is 6.69. The van der Waals surface area contributed by atoms with E-state index < -0.39 is 0 Å². The van der Waals surface area contributed by atoms with Crippen molar-refractivity contribution >= 4 is 35.8 Å². The van der Waals surface area contributed by atoms with Crippen LogP contribution < -0.4 is 16.0 Å². The number of carbonyl (C=O) groups is 1. The predicted molar refractivity (Wildman–Crippen MR) is 112 cm³/mol. The van der Waals surface area contributed by atoms with Crippen LogP contribution in [0.3, 0.4) is 0 Å². The minimum Gasteiger partial charge on any atom is -0.357 e. The van der Waals surface area contributed by atoms with Crippen LogP contribution in [0.5, 0.6) is 0 Å². The molecule has 0 saturated carbocycles. The minimum atomic E-state index is -0.236. The third kappa shape index (κ3) is 9.75. The van der Waals surface area contributed by atoms with Gasteiger partial charge in [-0.3, -0.25) is 4.79 Å². The average molecular weight is 446 g/mol. The SMILES string of the molecule is CCNC(=NCC(=O)NC(C)(C)C)NCC(C)c1ccccc1.I. The van der Waals surface area contributed by atoms with Crippen LogP contribution in [-0.4, -0.2) is 37.0 Å². The van der Waals surface area contributed by atoms with Crippen LogP contribution in [0.1, 0.15) is 46.1 Å². The molecular formula is C18H31IN4O. The zero-order valence-corrected chi connectivity index (χ0v) is 17.7. The number of hydrogen-bond acceptors (Lipinski definition) is 2. The van der Waals surface area contributed by atoms with E-state index in [1.807, 2.05) is 45.9 Å². The van der Waals surface area contributed by atoms with E-state index in [0.29, 0.717) is 11.9 Å². The topological polar surface area (TPSA) is 65.5 Å². The van der Waals surface area contributed by atoms with Crippen molar-refractivity contribution in [2.75, 3.05) is 19.6 Å². The van der Waals surface area contributed by atoms with Gasteiger partial charge in [-0.25, -0.2) is 4.99 Å². The summed E-state index contributed by atoms with van der Waals surface area (Å²) >= 11 is 0. The molecule has 0 saturated heterocycles. The predicted octanol–water partition coefficient (Wildman–Crippen LogP) is 2.88. The molecule has 1 unspecified atom stereocenters. The van der Waals surface area contributed by atoms with Gasteiger partial charge in [0.05, 0.1) is 0 Å². The maximum Gasteiger partial charge on any atom is 0.242 e. The fraction of sp³-hybridized carbons (Fsp3) is 0.556. The molecule has 0 aliphatic carbocycles. The summed E-state index contributed by atoms with van der Waals surface area (Å²) in [5.41, 5.74) is 1.04. The Kier molecular flexibility index (Phi) is 10.7. The number of amides is 1. The van der Waals surface area contributed by atoms with Crippen molar-refractivity contribution in [3.8, 4) is 0 Å². The van der Waals surface area contributed by atoms with Gasteiger partial charge < -0.3 is 16.0 Å². The molecule has 1 rings (SSSR count). The Labute approximate surface area is 163 Å². The summed E-state index contributed by atoms with van der Waals surface area (Å²) < 4.78 is 0. The maximum absolute atomic E-state index is 11.9. The number of rotatable bonds is 6. The van der Waals surface area contributed by atoms with Crippen LogP contribution in [-0.2, 0) is 4.79 Å². The number of halogens is 1. The summed E-state index contributed by atoms with van der Waals surface area (Å²) in [6.45, 7) is 11.7. The van der Waals surface area contributed by atoms with Crippen LogP contribution in [0, 0.1) is 0 Å². The van der Waals surface area contributed by atoms with E-state index in [4.69, 9.17) is 0 Å². The van der Waals surface area contributed by atoms with Crippen LogP contribution in [0.15, 0.2) is 35.3 Å². The summed E-state index contributed by atoms with van der Waals surface area (Å²) in [6, 6.07) is 10.3. The molecule has 0 bridgehead atoms. The van der Waals surface area contributed by atoms with Crippen molar-refractivity contribution in [3.05, 3.63) is 35.9 Å². The van der Waals surface area contributed by atoms with Gasteiger partial charge in [0.25, 0.3) is 0 Å². The van der Waals surface area contributed by atoms with Gasteiger partial charge in [-0.15, -0.1) is 24.0 Å². The molecule has 3 N–H and O–H groups in total. The van der Waals surface area contributed by atoms with E-state index in [-0.39, 0.29) is 42.0 Å². The van der Waals surface area contributed by atoms with Crippen molar-refractivity contribution in [2.45, 2.75) is 46.1 Å². The first kappa shape index (κ1) is 22.7. The van der Waals surface area contributed by atoms with Crippen LogP contribution in [0.2, 0.25) is 0 Å². The Morgan fingerprint density at radius 2 is 1.79 bits per heavy atom. The first-order valence-electron chi connectivity index (χ1n) is 8.20. The maximum atomic E-state index is 11.9. The average Bonchev–Trinajstić information content (AvgIpc) is 2.49. The van der Waals surface area contributed by atoms with Crippen molar-refractivity contribution in [2.24, 2.45) is 4.99 Å². The Hall–Kier alpha value is -1.31. The van der Waals surface area contributed by atoms with Crippen LogP contribution >= 0.6 is 24.0 Å². The first-order chi connectivity index (χ1) is 10.8. The molecule has 0 aliphatic rings. The lowest BCUT2D eigenvalue weighted by Gasteiger charge is -2.20. The molecule has 136 valence electrons. The first-order valence-corrected chi connectivity index (χ1v) is 8.20. The standard InChI is InChI=1S/C18H30N4O.HI/c1-6-19-17(21-13-16(23)22-18(3,4)5)20-12-14(2)15-10-8-7-9-11-15;/h7-11,14H,6,12-13H2,1-5H3,(H,22,23)(H2,19,20,21);1H. The van der Waals surface area contributed by atoms with Gasteiger partial charge in [-0.1, -0.05) is 37.3 Å². The van der Waals surface area contributed by atoms with Gasteiger partial charge in [-0.05, 0) is 39.2 Å². The van der Waals surface area contributed by atoms with Crippen molar-refractivity contribution in [3.63, 3.8) is 0 Å². The van der Waals surface area contributed by atoms with E-state index >= 15 is 0 Å². The van der Waals surface area contributed by atoms with E-state index in [1.54, 1.807) is 0 Å². The lowest BCUT2D eigenvalue weighted by molar-refractivity contribution is -0.121. The van der Waals surface area contributed by atoms with E-state index in [2.05, 4.69) is 40.0 Å². The number of hydrogen-bond donors (Lipinski definition) is 3. The van der Waals surface area contributed by atoms with Crippen molar-refractivity contribution < 1.29 is 4.79 Å². The molecule has 5 nitrogen and oxygen atoms in total. The lowest BCUT2D eigenvalue weighted by Crippen LogP contribution is -2.43. The van der Waals surface area contributed by atoms with Crippen LogP contribution in [0.25, 0.3) is 0 Å². The highest BCUT2D eigenvalue weighted by molar-refractivity contribution is 14.0. The normalized spacial score (nSPS) is 12.8. The fourth-order valence-electron chi connectivity index (χ4n) is 2.10. The number of aliphatic imine (C=N–C) groups is 1. The number of nitrogens with zero attached hydrogens (tertiary/aromatic N) is 1. The van der Waals surface area contributed by atoms with E-state index in [0.717, 1.165) is 13.1 Å². The Morgan fingerprint density at radius 1 is 1.17 bits per heavy atom. The highest BCUT2D eigenvalue weighted by Crippen LogP contribution is 2.12. The highest BCUT2D eigenvalue weighted by atomic mass is 127. The molecule has 1 atom stereocenters. The van der Waals surface area contributed by atoms with Gasteiger partial charge in [-0.2, -0.15) is 0 Å². The minimum absolute atomic E-state index is 0. The molecule has 6 heteroatoms. The molecular weight excluding hydrogens is 415 g/mol. The molecule has 1 aromatic rings. The number of carbonyl (C=O) groups excluding carboxylic acids is 1. The summed E-state index contributed by atoms with van der Waals surface area (Å²) in [5, 5.41) is 9.37. The second-order valence-corrected chi connectivity index (χ2v) is 6.69. The smallest absolute Gasteiger partial charge is 0.242 e. The third-order valence-corrected chi connectivity index (χ3v) is 3.18. The molecule has 0 fully saturated rings. The highest BCUT2D eigenvalue weighted by Gasteiger charge is 2.13. The van der Waals surface area contributed by atoms with Gasteiger partial charge >= 0.3 is 0 Å². The summed E-state index contributed by atoms with van der Waals surface area (Å²) in [7, 11) is 0. The summed E-state index contributed by atoms with van der Waals surface area (Å²) in [5.74, 6) is 0.952. The monoisotopic (exact) mass is 446 g/mol. The van der Waals surface area contributed by atoms with Crippen molar-refractivity contribution in [1.82, 2.24) is 16.0 Å². The lowest BCUT2D eigenvalue weighted by atomic mass is 10.0. The Morgan fingerprint density at radius 3 is 2.33 bits per heavy atom. The van der Waals surface area contributed by atoms with E-state index in [9.17, 15) is 4.79 Å². The van der Waals surface area contributed by atoms with Crippen molar-refractivity contribution in [1.29, 1.82) is 0 Å². The third-order valence-electron chi connectivity index (χ3n) is 3.18. The number of guanidine groups is 1. The zero-order chi connectivity index (χ0) is 17.3. The largest absolute Gasteiger partial charge is 0.357 e. The second kappa shape index (κ2) is 11.3. The van der Waals surface area contributed by atoms with Gasteiger partial charge in [0.2, 0.25) is 5.91 Å². The summed E-state index contributed by atoms with van der Waals surface area (Å²) in [4.78, 5) is 16.2. The summed E-state index contributed by atoms with van der Waals surface area (Å²) in [6.07, 6.45) is 0. The Balaban J connectivity index is 0.00000529. The fourth-order valence-corrected chi connectivity index (χ4v) is 2.10. The van der Waals surface area contributed by atoms with E-state index in [1.165, 1.54) is 5.56 Å². The number of nitrogens with one attached hydrogen (secondary N) is 3. The molecule has 0 aliphatic heterocycles. The molecule has 0 heterocycles. The molecule has 0 radical (unpaired) electrons. The molecule has 0 aromatic heterocycles. The van der Waals surface area contributed by atoms with Crippen LogP contribution in [0.4, 0.5) is 0 Å². The molecule has 24 heavy (non-hydrogen) atoms. The number of benzene rings is 1. The zero-order valence-electron chi connectivity index (χ0n) is 15.3.